The van der Waals surface area contributed by atoms with Gasteiger partial charge in [-0.05, 0) is 18.2 Å². The fraction of sp³-hybridized carbons (Fsp3) is 0.0769. The number of carboxylic acid groups (broad SMARTS) is 1. The minimum Gasteiger partial charge on any atom is -0.476 e. The SMILES string of the molecule is O=C(O)c1nc(C(F)(F)F)ccc1-c1ccccc1F. The summed E-state index contributed by atoms with van der Waals surface area (Å²) in [4.78, 5) is 14.1. The van der Waals surface area contributed by atoms with Crippen LogP contribution in [0.15, 0.2) is 36.4 Å². The van der Waals surface area contributed by atoms with Gasteiger partial charge < -0.3 is 5.11 Å². The Morgan fingerprint density at radius 2 is 1.70 bits per heavy atom. The summed E-state index contributed by atoms with van der Waals surface area (Å²) in [5.74, 6) is -2.40. The van der Waals surface area contributed by atoms with Gasteiger partial charge in [0.2, 0.25) is 0 Å². The van der Waals surface area contributed by atoms with Crippen LogP contribution in [0.1, 0.15) is 16.2 Å². The average molecular weight is 285 g/mol. The van der Waals surface area contributed by atoms with E-state index in [0.29, 0.717) is 6.07 Å². The predicted octanol–water partition coefficient (Wildman–Crippen LogP) is 3.60. The molecule has 0 unspecified atom stereocenters. The summed E-state index contributed by atoms with van der Waals surface area (Å²) in [5.41, 5.74) is -2.50. The van der Waals surface area contributed by atoms with E-state index in [2.05, 4.69) is 4.98 Å². The van der Waals surface area contributed by atoms with Crippen LogP contribution < -0.4 is 0 Å². The number of rotatable bonds is 2. The molecule has 0 bridgehead atoms. The molecule has 0 atom stereocenters. The Hall–Kier alpha value is -2.44. The number of hydrogen-bond acceptors (Lipinski definition) is 2. The highest BCUT2D eigenvalue weighted by Crippen LogP contribution is 2.31. The van der Waals surface area contributed by atoms with Crippen LogP contribution in [0, 0.1) is 5.82 Å². The van der Waals surface area contributed by atoms with Crippen molar-refractivity contribution in [3.63, 3.8) is 0 Å². The fourth-order valence-electron chi connectivity index (χ4n) is 1.68. The third-order valence-electron chi connectivity index (χ3n) is 2.55. The molecule has 0 saturated carbocycles. The average Bonchev–Trinajstić information content (AvgIpc) is 2.37. The Morgan fingerprint density at radius 1 is 1.05 bits per heavy atom. The minimum atomic E-state index is -4.77. The maximum absolute atomic E-state index is 13.6. The molecule has 1 aromatic heterocycles. The Morgan fingerprint density at radius 3 is 2.25 bits per heavy atom. The van der Waals surface area contributed by atoms with Crippen LogP contribution in [0.3, 0.4) is 0 Å². The zero-order valence-electron chi connectivity index (χ0n) is 9.78. The molecule has 0 saturated heterocycles. The zero-order valence-corrected chi connectivity index (χ0v) is 9.78. The predicted molar refractivity (Wildman–Crippen MR) is 61.6 cm³/mol. The highest BCUT2D eigenvalue weighted by atomic mass is 19.4. The smallest absolute Gasteiger partial charge is 0.433 e. The van der Waals surface area contributed by atoms with Gasteiger partial charge in [0.05, 0.1) is 0 Å². The van der Waals surface area contributed by atoms with Gasteiger partial charge in [-0.25, -0.2) is 14.2 Å². The summed E-state index contributed by atoms with van der Waals surface area (Å²) in [6.45, 7) is 0. The number of carbonyl (C=O) groups is 1. The van der Waals surface area contributed by atoms with Crippen LogP contribution in [-0.2, 0) is 6.18 Å². The topological polar surface area (TPSA) is 50.2 Å². The molecule has 7 heteroatoms. The lowest BCUT2D eigenvalue weighted by Crippen LogP contribution is -2.13. The van der Waals surface area contributed by atoms with Gasteiger partial charge in [0.25, 0.3) is 0 Å². The number of hydrogen-bond donors (Lipinski definition) is 1. The van der Waals surface area contributed by atoms with Crippen molar-refractivity contribution in [3.05, 3.63) is 53.6 Å². The first-order chi connectivity index (χ1) is 9.30. The van der Waals surface area contributed by atoms with Crippen LogP contribution in [0.25, 0.3) is 11.1 Å². The molecule has 0 aliphatic heterocycles. The van der Waals surface area contributed by atoms with E-state index in [-0.39, 0.29) is 11.1 Å². The van der Waals surface area contributed by atoms with Crippen molar-refractivity contribution in [1.29, 1.82) is 0 Å². The van der Waals surface area contributed by atoms with Crippen molar-refractivity contribution in [2.75, 3.05) is 0 Å². The summed E-state index contributed by atoms with van der Waals surface area (Å²) < 4.78 is 51.2. The second-order valence-corrected chi connectivity index (χ2v) is 3.88. The molecule has 3 nitrogen and oxygen atoms in total. The molecule has 1 heterocycles. The van der Waals surface area contributed by atoms with Crippen LogP contribution in [0.4, 0.5) is 17.6 Å². The van der Waals surface area contributed by atoms with Crippen molar-refractivity contribution in [3.8, 4) is 11.1 Å². The molecule has 0 aliphatic carbocycles. The van der Waals surface area contributed by atoms with Crippen molar-refractivity contribution < 1.29 is 27.5 Å². The summed E-state index contributed by atoms with van der Waals surface area (Å²) in [6, 6.07) is 6.70. The largest absolute Gasteiger partial charge is 0.476 e. The van der Waals surface area contributed by atoms with Crippen molar-refractivity contribution >= 4 is 5.97 Å². The fourth-order valence-corrected chi connectivity index (χ4v) is 1.68. The van der Waals surface area contributed by atoms with E-state index < -0.39 is 29.4 Å². The lowest BCUT2D eigenvalue weighted by atomic mass is 10.0. The zero-order chi connectivity index (χ0) is 14.9. The highest BCUT2D eigenvalue weighted by Gasteiger charge is 2.34. The Balaban J connectivity index is 2.66. The number of aromatic carboxylic acids is 1. The van der Waals surface area contributed by atoms with Gasteiger partial charge in [-0.2, -0.15) is 13.2 Å². The first-order valence-corrected chi connectivity index (χ1v) is 5.37. The van der Waals surface area contributed by atoms with Crippen molar-refractivity contribution in [2.24, 2.45) is 0 Å². The van der Waals surface area contributed by atoms with Gasteiger partial charge in [0.15, 0.2) is 5.69 Å². The Labute approximate surface area is 110 Å². The first-order valence-electron chi connectivity index (χ1n) is 5.37. The van der Waals surface area contributed by atoms with Gasteiger partial charge in [0, 0.05) is 11.1 Å². The number of alkyl halides is 3. The molecular formula is C13H7F4NO2. The minimum absolute atomic E-state index is 0.119. The maximum atomic E-state index is 13.6. The molecule has 1 aromatic carbocycles. The van der Waals surface area contributed by atoms with Crippen LogP contribution >= 0.6 is 0 Å². The summed E-state index contributed by atoms with van der Waals surface area (Å²) >= 11 is 0. The molecule has 104 valence electrons. The van der Waals surface area contributed by atoms with Gasteiger partial charge >= 0.3 is 12.1 Å². The number of benzene rings is 1. The van der Waals surface area contributed by atoms with E-state index in [4.69, 9.17) is 5.11 Å². The van der Waals surface area contributed by atoms with Gasteiger partial charge in [-0.1, -0.05) is 18.2 Å². The number of halogens is 4. The number of aromatic nitrogens is 1. The van der Waals surface area contributed by atoms with E-state index in [1.165, 1.54) is 18.2 Å². The van der Waals surface area contributed by atoms with Crippen LogP contribution in [0.2, 0.25) is 0 Å². The van der Waals surface area contributed by atoms with Crippen LogP contribution in [0.5, 0.6) is 0 Å². The molecule has 2 rings (SSSR count). The van der Waals surface area contributed by atoms with Crippen LogP contribution in [-0.4, -0.2) is 16.1 Å². The third kappa shape index (κ3) is 2.61. The van der Waals surface area contributed by atoms with E-state index >= 15 is 0 Å². The highest BCUT2D eigenvalue weighted by molar-refractivity contribution is 5.94. The Bertz CT molecular complexity index is 668. The summed E-state index contributed by atoms with van der Waals surface area (Å²) in [5, 5.41) is 8.96. The summed E-state index contributed by atoms with van der Waals surface area (Å²) in [6.07, 6.45) is -4.77. The molecule has 2 aromatic rings. The second kappa shape index (κ2) is 4.92. The maximum Gasteiger partial charge on any atom is 0.433 e. The van der Waals surface area contributed by atoms with E-state index in [0.717, 1.165) is 12.1 Å². The summed E-state index contributed by atoms with van der Waals surface area (Å²) in [7, 11) is 0. The molecule has 0 fully saturated rings. The molecule has 1 N–H and O–H groups in total. The third-order valence-corrected chi connectivity index (χ3v) is 2.55. The monoisotopic (exact) mass is 285 g/mol. The van der Waals surface area contributed by atoms with E-state index in [1.54, 1.807) is 0 Å². The second-order valence-electron chi connectivity index (χ2n) is 3.88. The number of pyridine rings is 1. The van der Waals surface area contributed by atoms with Gasteiger partial charge in [-0.15, -0.1) is 0 Å². The molecule has 0 amide bonds. The van der Waals surface area contributed by atoms with Crippen molar-refractivity contribution in [2.45, 2.75) is 6.18 Å². The molecule has 0 aliphatic rings. The normalized spacial score (nSPS) is 11.4. The molecular weight excluding hydrogens is 278 g/mol. The number of carboxylic acids is 1. The van der Waals surface area contributed by atoms with E-state index in [9.17, 15) is 22.4 Å². The quantitative estimate of drug-likeness (QED) is 0.858. The standard InChI is InChI=1S/C13H7F4NO2/c14-9-4-2-1-3-7(9)8-5-6-10(13(15,16)17)18-11(8)12(19)20/h1-6H,(H,19,20). The molecule has 0 radical (unpaired) electrons. The van der Waals surface area contributed by atoms with Gasteiger partial charge in [-0.3, -0.25) is 0 Å². The lowest BCUT2D eigenvalue weighted by Gasteiger charge is -2.10. The molecule has 0 spiro atoms. The van der Waals surface area contributed by atoms with Crippen molar-refractivity contribution in [1.82, 2.24) is 4.98 Å². The lowest BCUT2D eigenvalue weighted by molar-refractivity contribution is -0.141. The number of nitrogens with zero attached hydrogens (tertiary/aromatic N) is 1. The molecule has 20 heavy (non-hydrogen) atoms. The van der Waals surface area contributed by atoms with E-state index in [1.807, 2.05) is 0 Å². The van der Waals surface area contributed by atoms with Gasteiger partial charge in [0.1, 0.15) is 11.5 Å². The first kappa shape index (κ1) is 14.0. The Kier molecular flexibility index (Phi) is 3.44.